The SMILES string of the molecule is COc1cccc([C@@H]2CC[C@@H]3CN(C)CC[C@H]3N2C)c1. The highest BCUT2D eigenvalue weighted by molar-refractivity contribution is 5.31. The quantitative estimate of drug-likeness (QED) is 0.825. The Morgan fingerprint density at radius 1 is 1.15 bits per heavy atom. The molecule has 0 bridgehead atoms. The van der Waals surface area contributed by atoms with E-state index >= 15 is 0 Å². The molecule has 3 atom stereocenters. The normalized spacial score (nSPS) is 31.9. The lowest BCUT2D eigenvalue weighted by molar-refractivity contribution is 0.0119. The maximum Gasteiger partial charge on any atom is 0.119 e. The first-order valence-corrected chi connectivity index (χ1v) is 7.73. The topological polar surface area (TPSA) is 15.7 Å². The zero-order valence-corrected chi connectivity index (χ0v) is 12.9. The largest absolute Gasteiger partial charge is 0.497 e. The molecular weight excluding hydrogens is 248 g/mol. The summed E-state index contributed by atoms with van der Waals surface area (Å²) in [6, 6.07) is 9.90. The standard InChI is InChI=1S/C17H26N2O/c1-18-10-9-17-14(12-18)7-8-16(19(17)2)13-5-4-6-15(11-13)20-3/h4-6,11,14,16-17H,7-10,12H2,1-3H3/t14-,16+,17-/m1/s1. The molecule has 2 heterocycles. The molecule has 0 saturated carbocycles. The van der Waals surface area contributed by atoms with Gasteiger partial charge in [0.1, 0.15) is 5.75 Å². The van der Waals surface area contributed by atoms with Gasteiger partial charge in [-0.25, -0.2) is 0 Å². The molecule has 2 aliphatic heterocycles. The number of likely N-dealkylation sites (tertiary alicyclic amines) is 2. The second kappa shape index (κ2) is 5.74. The number of methoxy groups -OCH3 is 1. The van der Waals surface area contributed by atoms with Crippen LogP contribution >= 0.6 is 0 Å². The van der Waals surface area contributed by atoms with Crippen molar-refractivity contribution >= 4 is 0 Å². The first-order chi connectivity index (χ1) is 9.69. The van der Waals surface area contributed by atoms with Gasteiger partial charge in [-0.15, -0.1) is 0 Å². The number of ether oxygens (including phenoxy) is 1. The Kier molecular flexibility index (Phi) is 3.99. The van der Waals surface area contributed by atoms with Crippen LogP contribution in [0.1, 0.15) is 30.9 Å². The number of hydrogen-bond donors (Lipinski definition) is 0. The summed E-state index contributed by atoms with van der Waals surface area (Å²) in [5.74, 6) is 1.82. The molecule has 0 aromatic heterocycles. The minimum absolute atomic E-state index is 0.551. The molecule has 1 aromatic rings. The summed E-state index contributed by atoms with van der Waals surface area (Å²) < 4.78 is 5.38. The summed E-state index contributed by atoms with van der Waals surface area (Å²) in [6.45, 7) is 2.50. The van der Waals surface area contributed by atoms with Gasteiger partial charge in [0.25, 0.3) is 0 Å². The Morgan fingerprint density at radius 2 is 2.00 bits per heavy atom. The molecule has 3 nitrogen and oxygen atoms in total. The van der Waals surface area contributed by atoms with E-state index in [1.807, 2.05) is 6.07 Å². The van der Waals surface area contributed by atoms with E-state index in [0.717, 1.165) is 17.7 Å². The van der Waals surface area contributed by atoms with Gasteiger partial charge in [-0.2, -0.15) is 0 Å². The van der Waals surface area contributed by atoms with Gasteiger partial charge in [0.15, 0.2) is 0 Å². The maximum atomic E-state index is 5.38. The van der Waals surface area contributed by atoms with Crippen LogP contribution < -0.4 is 4.74 Å². The molecule has 0 spiro atoms. The number of piperidine rings is 2. The Hall–Kier alpha value is -1.06. The lowest BCUT2D eigenvalue weighted by Gasteiger charge is -2.49. The molecule has 0 unspecified atom stereocenters. The molecule has 0 radical (unpaired) electrons. The zero-order valence-electron chi connectivity index (χ0n) is 12.9. The summed E-state index contributed by atoms with van der Waals surface area (Å²) >= 11 is 0. The van der Waals surface area contributed by atoms with E-state index in [-0.39, 0.29) is 0 Å². The molecule has 1 aromatic carbocycles. The monoisotopic (exact) mass is 274 g/mol. The van der Waals surface area contributed by atoms with Crippen molar-refractivity contribution < 1.29 is 4.74 Å². The predicted molar refractivity (Wildman–Crippen MR) is 82.1 cm³/mol. The van der Waals surface area contributed by atoms with Crippen LogP contribution in [0.2, 0.25) is 0 Å². The van der Waals surface area contributed by atoms with Crippen molar-refractivity contribution in [2.45, 2.75) is 31.3 Å². The first kappa shape index (κ1) is 13.9. The minimum Gasteiger partial charge on any atom is -0.497 e. The van der Waals surface area contributed by atoms with Gasteiger partial charge in [0.05, 0.1) is 7.11 Å². The van der Waals surface area contributed by atoms with Crippen molar-refractivity contribution in [3.8, 4) is 5.75 Å². The number of rotatable bonds is 2. The summed E-state index contributed by atoms with van der Waals surface area (Å²) in [7, 11) is 6.31. The average molecular weight is 274 g/mol. The molecule has 0 amide bonds. The highest BCUT2D eigenvalue weighted by Gasteiger charge is 2.38. The number of nitrogens with zero attached hydrogens (tertiary/aromatic N) is 2. The Labute approximate surface area is 122 Å². The number of hydrogen-bond acceptors (Lipinski definition) is 3. The molecular formula is C17H26N2O. The third-order valence-electron chi connectivity index (χ3n) is 5.20. The van der Waals surface area contributed by atoms with Crippen molar-refractivity contribution in [3.63, 3.8) is 0 Å². The smallest absolute Gasteiger partial charge is 0.119 e. The average Bonchev–Trinajstić information content (AvgIpc) is 2.47. The third-order valence-corrected chi connectivity index (χ3v) is 5.20. The summed E-state index contributed by atoms with van der Waals surface area (Å²) in [5, 5.41) is 0. The van der Waals surface area contributed by atoms with E-state index in [2.05, 4.69) is 42.1 Å². The lowest BCUT2D eigenvalue weighted by atomic mass is 9.80. The van der Waals surface area contributed by atoms with Crippen LogP contribution in [0.25, 0.3) is 0 Å². The summed E-state index contributed by atoms with van der Waals surface area (Å²) in [4.78, 5) is 5.11. The van der Waals surface area contributed by atoms with E-state index in [9.17, 15) is 0 Å². The van der Waals surface area contributed by atoms with E-state index in [4.69, 9.17) is 4.74 Å². The van der Waals surface area contributed by atoms with Crippen LogP contribution in [0, 0.1) is 5.92 Å². The molecule has 2 aliphatic rings. The van der Waals surface area contributed by atoms with Crippen molar-refractivity contribution in [1.29, 1.82) is 0 Å². The zero-order chi connectivity index (χ0) is 14.1. The predicted octanol–water partition coefficient (Wildman–Crippen LogP) is 2.78. The van der Waals surface area contributed by atoms with Crippen molar-refractivity contribution in [2.75, 3.05) is 34.3 Å². The van der Waals surface area contributed by atoms with Crippen LogP contribution in [-0.2, 0) is 0 Å². The number of fused-ring (bicyclic) bond motifs is 1. The Bertz CT molecular complexity index is 462. The Balaban J connectivity index is 1.78. The van der Waals surface area contributed by atoms with Crippen molar-refractivity contribution in [1.82, 2.24) is 9.80 Å². The molecule has 3 rings (SSSR count). The van der Waals surface area contributed by atoms with Crippen LogP contribution in [0.3, 0.4) is 0 Å². The van der Waals surface area contributed by atoms with Gasteiger partial charge >= 0.3 is 0 Å². The fourth-order valence-corrected chi connectivity index (χ4v) is 4.08. The molecule has 0 aliphatic carbocycles. The fourth-order valence-electron chi connectivity index (χ4n) is 4.08. The first-order valence-electron chi connectivity index (χ1n) is 7.73. The van der Waals surface area contributed by atoms with Gasteiger partial charge < -0.3 is 9.64 Å². The maximum absolute atomic E-state index is 5.38. The van der Waals surface area contributed by atoms with E-state index in [0.29, 0.717) is 6.04 Å². The van der Waals surface area contributed by atoms with Crippen molar-refractivity contribution in [2.24, 2.45) is 5.92 Å². The summed E-state index contributed by atoms with van der Waals surface area (Å²) in [5.41, 5.74) is 1.41. The minimum atomic E-state index is 0.551. The van der Waals surface area contributed by atoms with E-state index in [1.54, 1.807) is 7.11 Å². The second-order valence-corrected chi connectivity index (χ2v) is 6.41. The molecule has 20 heavy (non-hydrogen) atoms. The fraction of sp³-hybridized carbons (Fsp3) is 0.647. The van der Waals surface area contributed by atoms with Gasteiger partial charge in [-0.1, -0.05) is 12.1 Å². The molecule has 3 heteroatoms. The van der Waals surface area contributed by atoms with Gasteiger partial charge in [0, 0.05) is 18.6 Å². The highest BCUT2D eigenvalue weighted by atomic mass is 16.5. The summed E-state index contributed by atoms with van der Waals surface area (Å²) in [6.07, 6.45) is 3.91. The molecule has 2 fully saturated rings. The Morgan fingerprint density at radius 3 is 2.80 bits per heavy atom. The third kappa shape index (κ3) is 2.57. The van der Waals surface area contributed by atoms with Gasteiger partial charge in [-0.05, 0) is 63.5 Å². The van der Waals surface area contributed by atoms with Gasteiger partial charge in [0.2, 0.25) is 0 Å². The van der Waals surface area contributed by atoms with Crippen LogP contribution in [0.5, 0.6) is 5.75 Å². The van der Waals surface area contributed by atoms with Gasteiger partial charge in [-0.3, -0.25) is 4.90 Å². The molecule has 110 valence electrons. The highest BCUT2D eigenvalue weighted by Crippen LogP contribution is 2.39. The van der Waals surface area contributed by atoms with E-state index < -0.39 is 0 Å². The van der Waals surface area contributed by atoms with Crippen LogP contribution in [0.4, 0.5) is 0 Å². The molecule has 0 N–H and O–H groups in total. The lowest BCUT2D eigenvalue weighted by Crippen LogP contribution is -2.52. The number of benzene rings is 1. The van der Waals surface area contributed by atoms with Crippen LogP contribution in [-0.4, -0.2) is 50.1 Å². The van der Waals surface area contributed by atoms with Crippen molar-refractivity contribution in [3.05, 3.63) is 29.8 Å². The van der Waals surface area contributed by atoms with E-state index in [1.165, 1.54) is 37.9 Å². The van der Waals surface area contributed by atoms with Crippen LogP contribution in [0.15, 0.2) is 24.3 Å². The molecule has 2 saturated heterocycles. The second-order valence-electron chi connectivity index (χ2n) is 6.41.